The van der Waals surface area contributed by atoms with E-state index in [1.807, 2.05) is 6.07 Å². The van der Waals surface area contributed by atoms with Crippen LogP contribution in [0.1, 0.15) is 36.2 Å². The van der Waals surface area contributed by atoms with Crippen molar-refractivity contribution >= 4 is 41.2 Å². The molecular weight excluding hydrogens is 487 g/mol. The van der Waals surface area contributed by atoms with E-state index in [2.05, 4.69) is 20.9 Å². The first kappa shape index (κ1) is 26.2. The highest BCUT2D eigenvalue weighted by Gasteiger charge is 2.29. The zero-order valence-corrected chi connectivity index (χ0v) is 21.1. The molecule has 0 saturated carbocycles. The molecule has 1 aliphatic heterocycles. The predicted octanol–water partition coefficient (Wildman–Crippen LogP) is 3.88. The molecule has 184 valence electrons. The second-order valence-electron chi connectivity index (χ2n) is 8.08. The molecule has 0 aliphatic carbocycles. The number of hydrogen-bond acceptors (Lipinski definition) is 6. The first-order chi connectivity index (χ1) is 16.8. The molecule has 8 nitrogen and oxygen atoms in total. The first-order valence-electron chi connectivity index (χ1n) is 11.1. The monoisotopic (exact) mass is 514 g/mol. The lowest BCUT2D eigenvalue weighted by atomic mass is 10.2. The minimum absolute atomic E-state index is 0.0936. The lowest BCUT2D eigenvalue weighted by Gasteiger charge is -2.21. The third-order valence-corrected chi connectivity index (χ3v) is 6.31. The zero-order chi connectivity index (χ0) is 25.4. The summed E-state index contributed by atoms with van der Waals surface area (Å²) in [4.78, 5) is 31.6. The highest BCUT2D eigenvalue weighted by atomic mass is 35.5. The van der Waals surface area contributed by atoms with Gasteiger partial charge in [-0.3, -0.25) is 14.6 Å². The molecule has 1 saturated heterocycles. The van der Waals surface area contributed by atoms with Crippen LogP contribution in [0, 0.1) is 5.41 Å². The van der Waals surface area contributed by atoms with Crippen LogP contribution in [0.15, 0.2) is 65.9 Å². The average Bonchev–Trinajstić information content (AvgIpc) is 3.35. The summed E-state index contributed by atoms with van der Waals surface area (Å²) in [7, 11) is 0. The molecule has 0 radical (unpaired) electrons. The van der Waals surface area contributed by atoms with Crippen molar-refractivity contribution in [3.05, 3.63) is 87.1 Å². The van der Waals surface area contributed by atoms with E-state index < -0.39 is 0 Å². The van der Waals surface area contributed by atoms with Gasteiger partial charge in [0.15, 0.2) is 0 Å². The predicted molar refractivity (Wildman–Crippen MR) is 138 cm³/mol. The SMILES string of the molecule is C/C=C(\NCc1ccc(Cl)c(Cl)c1)NC(=O)/C(NC1CCN(C(=O)c2cccnc2)C1)=C(\C)C=N. The van der Waals surface area contributed by atoms with Crippen LogP contribution in [-0.2, 0) is 11.3 Å². The molecular formula is C25H28Cl2N6O2. The van der Waals surface area contributed by atoms with Crippen LogP contribution in [0.3, 0.4) is 0 Å². The van der Waals surface area contributed by atoms with Gasteiger partial charge in [0.1, 0.15) is 11.5 Å². The van der Waals surface area contributed by atoms with Gasteiger partial charge in [-0.05, 0) is 61.7 Å². The Kier molecular flexibility index (Phi) is 9.28. The Bertz CT molecular complexity index is 1150. The van der Waals surface area contributed by atoms with Gasteiger partial charge >= 0.3 is 0 Å². The number of pyridine rings is 1. The molecule has 0 bridgehead atoms. The van der Waals surface area contributed by atoms with Crippen molar-refractivity contribution in [1.29, 1.82) is 5.41 Å². The molecule has 1 aliphatic rings. The molecule has 1 aromatic carbocycles. The number of halogens is 2. The van der Waals surface area contributed by atoms with Crippen molar-refractivity contribution < 1.29 is 9.59 Å². The van der Waals surface area contributed by atoms with Gasteiger partial charge in [0.25, 0.3) is 11.8 Å². The van der Waals surface area contributed by atoms with Gasteiger partial charge in [-0.25, -0.2) is 0 Å². The van der Waals surface area contributed by atoms with Crippen molar-refractivity contribution in [2.24, 2.45) is 0 Å². The van der Waals surface area contributed by atoms with E-state index in [-0.39, 0.29) is 23.6 Å². The summed E-state index contributed by atoms with van der Waals surface area (Å²) in [6.45, 7) is 4.94. The van der Waals surface area contributed by atoms with Crippen LogP contribution < -0.4 is 16.0 Å². The zero-order valence-electron chi connectivity index (χ0n) is 19.6. The quantitative estimate of drug-likeness (QED) is 0.299. The second-order valence-corrected chi connectivity index (χ2v) is 8.90. The van der Waals surface area contributed by atoms with Crippen molar-refractivity contribution in [2.45, 2.75) is 32.9 Å². The maximum absolute atomic E-state index is 13.1. The maximum Gasteiger partial charge on any atom is 0.273 e. The van der Waals surface area contributed by atoms with Gasteiger partial charge in [-0.2, -0.15) is 0 Å². The number of nitrogens with one attached hydrogen (secondary N) is 4. The minimum atomic E-state index is -0.377. The molecule has 1 atom stereocenters. The van der Waals surface area contributed by atoms with Crippen LogP contribution in [0.25, 0.3) is 0 Å². The molecule has 35 heavy (non-hydrogen) atoms. The summed E-state index contributed by atoms with van der Waals surface area (Å²) in [6.07, 6.45) is 6.73. The second kappa shape index (κ2) is 12.4. The van der Waals surface area contributed by atoms with Crippen molar-refractivity contribution in [1.82, 2.24) is 25.8 Å². The Labute approximate surface area is 214 Å². The molecule has 1 unspecified atom stereocenters. The largest absolute Gasteiger partial charge is 0.376 e. The van der Waals surface area contributed by atoms with E-state index in [0.717, 1.165) is 11.8 Å². The number of likely N-dealkylation sites (tertiary alicyclic amines) is 1. The third-order valence-electron chi connectivity index (χ3n) is 5.57. The Balaban J connectivity index is 1.61. The molecule has 2 heterocycles. The van der Waals surface area contributed by atoms with E-state index in [1.54, 1.807) is 61.5 Å². The van der Waals surface area contributed by atoms with Gasteiger partial charge < -0.3 is 26.3 Å². The third kappa shape index (κ3) is 7.07. The van der Waals surface area contributed by atoms with Gasteiger partial charge in [-0.1, -0.05) is 29.3 Å². The number of carbonyl (C=O) groups is 2. The number of rotatable bonds is 9. The Morgan fingerprint density at radius 3 is 2.71 bits per heavy atom. The summed E-state index contributed by atoms with van der Waals surface area (Å²) < 4.78 is 0. The summed E-state index contributed by atoms with van der Waals surface area (Å²) in [5.74, 6) is 0.0413. The summed E-state index contributed by atoms with van der Waals surface area (Å²) in [5, 5.41) is 17.9. The van der Waals surface area contributed by atoms with E-state index in [4.69, 9.17) is 28.6 Å². The molecule has 4 N–H and O–H groups in total. The van der Waals surface area contributed by atoms with Crippen LogP contribution in [0.4, 0.5) is 0 Å². The van der Waals surface area contributed by atoms with Crippen LogP contribution in [-0.4, -0.2) is 47.0 Å². The molecule has 10 heteroatoms. The normalized spacial score (nSPS) is 16.4. The molecule has 0 spiro atoms. The van der Waals surface area contributed by atoms with Crippen LogP contribution >= 0.6 is 23.2 Å². The van der Waals surface area contributed by atoms with Crippen LogP contribution in [0.2, 0.25) is 10.0 Å². The van der Waals surface area contributed by atoms with Gasteiger partial charge in [0.05, 0.1) is 15.6 Å². The maximum atomic E-state index is 13.1. The smallest absolute Gasteiger partial charge is 0.273 e. The molecule has 2 amide bonds. The van der Waals surface area contributed by atoms with Gasteiger partial charge in [-0.15, -0.1) is 0 Å². The number of carbonyl (C=O) groups excluding carboxylic acids is 2. The highest BCUT2D eigenvalue weighted by molar-refractivity contribution is 6.42. The number of amides is 2. The standard InChI is InChI=1S/C25H28Cl2N6O2/c1-3-22(30-13-17-6-7-20(26)21(27)11-17)32-24(34)23(16(2)12-28)31-19-8-10-33(15-19)25(35)18-5-4-9-29-14-18/h3-7,9,11-12,14,19,28,30-31H,8,10,13,15H2,1-2H3,(H,32,34)/b22-3+,23-16-,28-12?. The van der Waals surface area contributed by atoms with E-state index in [1.165, 1.54) is 0 Å². The number of aromatic nitrogens is 1. The van der Waals surface area contributed by atoms with E-state index >= 15 is 0 Å². The molecule has 3 rings (SSSR count). The van der Waals surface area contributed by atoms with E-state index in [9.17, 15) is 9.59 Å². The van der Waals surface area contributed by atoms with Gasteiger partial charge in [0.2, 0.25) is 0 Å². The highest BCUT2D eigenvalue weighted by Crippen LogP contribution is 2.22. The Morgan fingerprint density at radius 2 is 2.06 bits per heavy atom. The molecule has 1 aromatic heterocycles. The fourth-order valence-corrected chi connectivity index (χ4v) is 3.94. The van der Waals surface area contributed by atoms with Crippen molar-refractivity contribution in [3.8, 4) is 0 Å². The lowest BCUT2D eigenvalue weighted by Crippen LogP contribution is -2.41. The molecule has 1 fully saturated rings. The number of allylic oxidation sites excluding steroid dienone is 2. The Morgan fingerprint density at radius 1 is 1.26 bits per heavy atom. The topological polar surface area (TPSA) is 110 Å². The first-order valence-corrected chi connectivity index (χ1v) is 11.9. The average molecular weight is 515 g/mol. The summed E-state index contributed by atoms with van der Waals surface area (Å²) in [5.41, 5.74) is 2.21. The van der Waals surface area contributed by atoms with E-state index in [0.29, 0.717) is 53.1 Å². The van der Waals surface area contributed by atoms with Gasteiger partial charge in [0, 0.05) is 44.3 Å². The summed E-state index contributed by atoms with van der Waals surface area (Å²) in [6, 6.07) is 8.67. The number of benzene rings is 1. The number of hydrogen-bond donors (Lipinski definition) is 4. The fraction of sp³-hybridized carbons (Fsp3) is 0.280. The van der Waals surface area contributed by atoms with Crippen molar-refractivity contribution in [3.63, 3.8) is 0 Å². The number of nitrogens with zero attached hydrogens (tertiary/aromatic N) is 2. The fourth-order valence-electron chi connectivity index (χ4n) is 3.62. The Hall–Kier alpha value is -3.36. The summed E-state index contributed by atoms with van der Waals surface area (Å²) >= 11 is 12.0. The van der Waals surface area contributed by atoms with Crippen molar-refractivity contribution in [2.75, 3.05) is 13.1 Å². The van der Waals surface area contributed by atoms with Crippen LogP contribution in [0.5, 0.6) is 0 Å². The minimum Gasteiger partial charge on any atom is -0.376 e. The molecule has 2 aromatic rings. The lowest BCUT2D eigenvalue weighted by molar-refractivity contribution is -0.117.